The number of methoxy groups -OCH3 is 1. The highest BCUT2D eigenvalue weighted by molar-refractivity contribution is 14.0. The van der Waals surface area contributed by atoms with Crippen molar-refractivity contribution in [2.75, 3.05) is 19.0 Å². The lowest BCUT2D eigenvalue weighted by atomic mass is 10.1. The molecule has 6 heteroatoms. The molecule has 3 N–H and O–H groups in total. The van der Waals surface area contributed by atoms with Crippen LogP contribution in [-0.4, -0.2) is 19.6 Å². The van der Waals surface area contributed by atoms with Gasteiger partial charge < -0.3 is 15.8 Å². The van der Waals surface area contributed by atoms with Crippen molar-refractivity contribution < 1.29 is 4.74 Å². The first-order chi connectivity index (χ1) is 11.0. The third-order valence-electron chi connectivity index (χ3n) is 3.70. The second kappa shape index (κ2) is 9.88. The smallest absolute Gasteiger partial charge is 0.193 e. The number of guanidine groups is 1. The fourth-order valence-electron chi connectivity index (χ4n) is 2.28. The zero-order valence-electron chi connectivity index (χ0n) is 14.1. The van der Waals surface area contributed by atoms with Crippen LogP contribution in [0.4, 0.5) is 5.69 Å². The third-order valence-corrected chi connectivity index (χ3v) is 4.32. The number of para-hydroxylation sites is 1. The summed E-state index contributed by atoms with van der Waals surface area (Å²) in [5.74, 6) is 1.27. The monoisotopic (exact) mass is 503 g/mol. The lowest BCUT2D eigenvalue weighted by molar-refractivity contribution is 0.407. The summed E-state index contributed by atoms with van der Waals surface area (Å²) in [5.41, 5.74) is 10.5. The summed E-state index contributed by atoms with van der Waals surface area (Å²) >= 11 is 3.49. The Morgan fingerprint density at radius 2 is 1.96 bits per heavy atom. The Balaban J connectivity index is 0.00000288. The Morgan fingerprint density at radius 1 is 1.21 bits per heavy atom. The van der Waals surface area contributed by atoms with Gasteiger partial charge in [0.1, 0.15) is 5.75 Å². The first kappa shape index (κ1) is 20.8. The number of rotatable bonds is 5. The molecule has 0 aliphatic carbocycles. The molecule has 0 aromatic heterocycles. The van der Waals surface area contributed by atoms with Crippen LogP contribution in [0.3, 0.4) is 0 Å². The molecule has 0 bridgehead atoms. The van der Waals surface area contributed by atoms with Crippen molar-refractivity contribution in [3.63, 3.8) is 0 Å². The summed E-state index contributed by atoms with van der Waals surface area (Å²) in [7, 11) is 1.67. The molecule has 130 valence electrons. The van der Waals surface area contributed by atoms with E-state index in [1.165, 1.54) is 11.1 Å². The molecule has 0 aliphatic heterocycles. The molecular formula is C18H23BrIN3O. The molecule has 4 nitrogen and oxygen atoms in total. The number of nitrogens with one attached hydrogen (secondary N) is 1. The van der Waals surface area contributed by atoms with Gasteiger partial charge in [-0.3, -0.25) is 4.99 Å². The van der Waals surface area contributed by atoms with Gasteiger partial charge in [-0.2, -0.15) is 0 Å². The van der Waals surface area contributed by atoms with Crippen molar-refractivity contribution in [1.29, 1.82) is 0 Å². The number of hydrogen-bond donors (Lipinski definition) is 2. The molecule has 24 heavy (non-hydrogen) atoms. The van der Waals surface area contributed by atoms with Gasteiger partial charge in [0.15, 0.2) is 5.96 Å². The van der Waals surface area contributed by atoms with Crippen LogP contribution in [0.5, 0.6) is 5.75 Å². The lowest BCUT2D eigenvalue weighted by Crippen LogP contribution is -2.23. The third kappa shape index (κ3) is 5.66. The standard InChI is InChI=1S/C18H22BrN3O.HI/c1-12-7-8-15(11-13(12)2)22-18(20)21-10-9-14-5-4-6-16(19)17(14)23-3;/h4-8,11H,9-10H2,1-3H3,(H3,20,21,22);1H. The quantitative estimate of drug-likeness (QED) is 0.354. The molecule has 0 saturated heterocycles. The summed E-state index contributed by atoms with van der Waals surface area (Å²) in [4.78, 5) is 4.38. The van der Waals surface area contributed by atoms with Gasteiger partial charge in [-0.25, -0.2) is 0 Å². The number of ether oxygens (including phenoxy) is 1. The van der Waals surface area contributed by atoms with Crippen molar-refractivity contribution in [3.8, 4) is 5.75 Å². The number of anilines is 1. The van der Waals surface area contributed by atoms with Crippen LogP contribution in [0.15, 0.2) is 45.9 Å². The van der Waals surface area contributed by atoms with Gasteiger partial charge in [-0.05, 0) is 71.1 Å². The number of benzene rings is 2. The Bertz CT molecular complexity index is 719. The minimum atomic E-state index is 0. The normalized spacial score (nSPS) is 10.9. The largest absolute Gasteiger partial charge is 0.495 e. The average molecular weight is 504 g/mol. The van der Waals surface area contributed by atoms with Gasteiger partial charge >= 0.3 is 0 Å². The van der Waals surface area contributed by atoms with Gasteiger partial charge in [0, 0.05) is 12.2 Å². The fraction of sp³-hybridized carbons (Fsp3) is 0.278. The summed E-state index contributed by atoms with van der Waals surface area (Å²) in [6, 6.07) is 12.1. The van der Waals surface area contributed by atoms with Crippen LogP contribution < -0.4 is 15.8 Å². The van der Waals surface area contributed by atoms with Crippen LogP contribution in [-0.2, 0) is 6.42 Å². The highest BCUT2D eigenvalue weighted by Gasteiger charge is 2.06. The van der Waals surface area contributed by atoms with Gasteiger partial charge in [-0.15, -0.1) is 24.0 Å². The predicted octanol–water partition coefficient (Wildman–Crippen LogP) is 4.66. The molecule has 2 rings (SSSR count). The Labute approximate surface area is 169 Å². The summed E-state index contributed by atoms with van der Waals surface area (Å²) < 4.78 is 6.36. The highest BCUT2D eigenvalue weighted by atomic mass is 127. The summed E-state index contributed by atoms with van der Waals surface area (Å²) in [6.07, 6.45) is 0.762. The minimum absolute atomic E-state index is 0. The van der Waals surface area contributed by atoms with E-state index < -0.39 is 0 Å². The van der Waals surface area contributed by atoms with E-state index in [0.29, 0.717) is 12.5 Å². The summed E-state index contributed by atoms with van der Waals surface area (Å²) in [5, 5.41) is 3.12. The molecule has 0 atom stereocenters. The molecule has 0 radical (unpaired) electrons. The van der Waals surface area contributed by atoms with Crippen molar-refractivity contribution in [2.24, 2.45) is 10.7 Å². The van der Waals surface area contributed by atoms with E-state index in [9.17, 15) is 0 Å². The van der Waals surface area contributed by atoms with Gasteiger partial charge in [0.05, 0.1) is 11.6 Å². The van der Waals surface area contributed by atoms with E-state index in [4.69, 9.17) is 10.5 Å². The fourth-order valence-corrected chi connectivity index (χ4v) is 2.85. The number of aryl methyl sites for hydroxylation is 2. The molecule has 0 heterocycles. The number of nitrogens with two attached hydrogens (primary N) is 1. The van der Waals surface area contributed by atoms with E-state index in [0.717, 1.165) is 27.9 Å². The Hall–Kier alpha value is -1.28. The maximum absolute atomic E-state index is 5.96. The second-order valence-corrected chi connectivity index (χ2v) is 6.23. The van der Waals surface area contributed by atoms with Crippen molar-refractivity contribution >= 4 is 51.6 Å². The molecule has 0 aliphatic rings. The first-order valence-electron chi connectivity index (χ1n) is 7.47. The van der Waals surface area contributed by atoms with E-state index >= 15 is 0 Å². The van der Waals surface area contributed by atoms with E-state index in [-0.39, 0.29) is 24.0 Å². The number of halogens is 2. The highest BCUT2D eigenvalue weighted by Crippen LogP contribution is 2.28. The number of aliphatic imine (C=N–C) groups is 1. The molecular weight excluding hydrogens is 481 g/mol. The SMILES string of the molecule is COc1c(Br)cccc1CCN=C(N)Nc1ccc(C)c(C)c1.I. The van der Waals surface area contributed by atoms with Crippen molar-refractivity contribution in [1.82, 2.24) is 0 Å². The number of nitrogens with zero attached hydrogens (tertiary/aromatic N) is 1. The van der Waals surface area contributed by atoms with E-state index in [2.05, 4.69) is 52.2 Å². The van der Waals surface area contributed by atoms with Crippen LogP contribution >= 0.6 is 39.9 Å². The Kier molecular flexibility index (Phi) is 8.55. The molecule has 2 aromatic rings. The Morgan fingerprint density at radius 3 is 2.62 bits per heavy atom. The molecule has 0 unspecified atom stereocenters. The zero-order valence-corrected chi connectivity index (χ0v) is 18.0. The van der Waals surface area contributed by atoms with Crippen LogP contribution in [0.25, 0.3) is 0 Å². The second-order valence-electron chi connectivity index (χ2n) is 5.37. The predicted molar refractivity (Wildman–Crippen MR) is 116 cm³/mol. The van der Waals surface area contributed by atoms with Crippen molar-refractivity contribution in [3.05, 3.63) is 57.6 Å². The van der Waals surface area contributed by atoms with Crippen LogP contribution in [0, 0.1) is 13.8 Å². The topological polar surface area (TPSA) is 59.6 Å². The molecule has 0 saturated carbocycles. The van der Waals surface area contributed by atoms with E-state index in [1.54, 1.807) is 7.11 Å². The number of hydrogen-bond acceptors (Lipinski definition) is 2. The van der Waals surface area contributed by atoms with Crippen LogP contribution in [0.1, 0.15) is 16.7 Å². The van der Waals surface area contributed by atoms with E-state index in [1.807, 2.05) is 24.3 Å². The van der Waals surface area contributed by atoms with Crippen molar-refractivity contribution in [2.45, 2.75) is 20.3 Å². The molecule has 2 aromatic carbocycles. The summed E-state index contributed by atoms with van der Waals surface area (Å²) in [6.45, 7) is 4.76. The zero-order chi connectivity index (χ0) is 16.8. The van der Waals surface area contributed by atoms with Gasteiger partial charge in [0.25, 0.3) is 0 Å². The van der Waals surface area contributed by atoms with Gasteiger partial charge in [-0.1, -0.05) is 18.2 Å². The molecule has 0 fully saturated rings. The maximum Gasteiger partial charge on any atom is 0.193 e. The lowest BCUT2D eigenvalue weighted by Gasteiger charge is -2.10. The maximum atomic E-state index is 5.96. The van der Waals surface area contributed by atoms with Crippen LogP contribution in [0.2, 0.25) is 0 Å². The first-order valence-corrected chi connectivity index (χ1v) is 8.26. The minimum Gasteiger partial charge on any atom is -0.495 e. The van der Waals surface area contributed by atoms with Gasteiger partial charge in [0.2, 0.25) is 0 Å². The molecule has 0 spiro atoms. The average Bonchev–Trinajstić information content (AvgIpc) is 2.51. The molecule has 0 amide bonds.